The third-order valence-electron chi connectivity index (χ3n) is 5.68. The molecule has 0 radical (unpaired) electrons. The second-order valence-electron chi connectivity index (χ2n) is 15.8. The highest BCUT2D eigenvalue weighted by molar-refractivity contribution is 7.69. The molecule has 0 aromatic carbocycles. The fourth-order valence-electron chi connectivity index (χ4n) is 4.91. The summed E-state index contributed by atoms with van der Waals surface area (Å²) < 4.78 is 14.7. The number of hydrogen-bond acceptors (Lipinski definition) is 3. The lowest BCUT2D eigenvalue weighted by molar-refractivity contribution is 0.183. The first-order chi connectivity index (χ1) is 13.7. The molecule has 1 rings (SSSR count). The summed E-state index contributed by atoms with van der Waals surface area (Å²) in [6.07, 6.45) is 0. The van der Waals surface area contributed by atoms with E-state index in [2.05, 4.69) is 131 Å². The highest BCUT2D eigenvalue weighted by Gasteiger charge is 2.69. The second kappa shape index (κ2) is 8.57. The predicted octanol–water partition coefficient (Wildman–Crippen LogP) is 8.26. The maximum absolute atomic E-state index is 7.56. The molecular weight excluding hydrogens is 475 g/mol. The van der Waals surface area contributed by atoms with Crippen LogP contribution in [0.4, 0.5) is 0 Å². The van der Waals surface area contributed by atoms with Gasteiger partial charge in [-0.25, -0.2) is 0 Å². The Morgan fingerprint density at radius 1 is 0.781 bits per heavy atom. The first-order valence-corrected chi connectivity index (χ1v) is 30.2. The molecule has 0 atom stereocenters. The van der Waals surface area contributed by atoms with Crippen molar-refractivity contribution < 1.29 is 8.85 Å². The van der Waals surface area contributed by atoms with Gasteiger partial charge >= 0.3 is 0 Å². The molecule has 1 aliphatic rings. The van der Waals surface area contributed by atoms with E-state index in [-0.39, 0.29) is 11.0 Å². The van der Waals surface area contributed by atoms with Crippen molar-refractivity contribution >= 4 is 38.9 Å². The molecule has 0 amide bonds. The zero-order valence-corrected chi connectivity index (χ0v) is 29.8. The van der Waals surface area contributed by atoms with E-state index in [0.717, 1.165) is 5.88 Å². The monoisotopic (exact) mass is 529 g/mol. The van der Waals surface area contributed by atoms with Crippen LogP contribution in [-0.2, 0) is 8.85 Å². The first-order valence-electron chi connectivity index (χ1n) is 12.3. The Morgan fingerprint density at radius 2 is 1.19 bits per heavy atom. The molecule has 0 aliphatic carbocycles. The summed E-state index contributed by atoms with van der Waals surface area (Å²) in [5, 5.41) is 1.49. The Balaban J connectivity index is 4.41. The van der Waals surface area contributed by atoms with E-state index >= 15 is 0 Å². The minimum absolute atomic E-state index is 0.0748. The topological polar surface area (TPSA) is 21.7 Å². The molecule has 3 nitrogen and oxygen atoms in total. The lowest BCUT2D eigenvalue weighted by Crippen LogP contribution is -2.74. The highest BCUT2D eigenvalue weighted by atomic mass is 29.7. The molecule has 1 saturated heterocycles. The lowest BCUT2D eigenvalue weighted by Gasteiger charge is -2.48. The Morgan fingerprint density at radius 3 is 1.44 bits per heavy atom. The second-order valence-corrected chi connectivity index (χ2v) is 51.0. The van der Waals surface area contributed by atoms with Crippen molar-refractivity contribution in [3.63, 3.8) is 0 Å². The van der Waals surface area contributed by atoms with Gasteiger partial charge in [-0.1, -0.05) is 79.7 Å². The predicted molar refractivity (Wildman–Crippen MR) is 157 cm³/mol. The molecule has 0 saturated carbocycles. The molecular formula is C24H55NO2Si5. The minimum atomic E-state index is -2.34. The molecule has 0 unspecified atom stereocenters. The molecule has 0 bridgehead atoms. The van der Waals surface area contributed by atoms with E-state index in [1.165, 1.54) is 11.1 Å². The average molecular weight is 530 g/mol. The van der Waals surface area contributed by atoms with Crippen molar-refractivity contribution in [2.75, 3.05) is 0 Å². The largest absolute Gasteiger partial charge is 0.546 e. The summed E-state index contributed by atoms with van der Waals surface area (Å²) in [7, 11) is -9.16. The van der Waals surface area contributed by atoms with Crippen molar-refractivity contribution in [2.45, 2.75) is 126 Å². The number of nitrogens with zero attached hydrogens (tertiary/aromatic N) is 1. The number of rotatable bonds is 5. The standard InChI is InChI=1S/C24H55NO2Si5/c1-23(2,3)21(27-29(10,11)12)22-25(24(4,5)6)20(19-28(7,8)9)26-32(22,30(13,14)15)31(16,17)18/h19H,1-18H3/b20-19-,22-21-. The van der Waals surface area contributed by atoms with E-state index in [1.54, 1.807) is 0 Å². The lowest BCUT2D eigenvalue weighted by atomic mass is 9.93. The minimum Gasteiger partial charge on any atom is -0.546 e. The van der Waals surface area contributed by atoms with Crippen LogP contribution in [0.25, 0.3) is 0 Å². The van der Waals surface area contributed by atoms with Gasteiger partial charge in [0.1, 0.15) is 5.76 Å². The molecule has 0 N–H and O–H groups in total. The Kier molecular flexibility index (Phi) is 8.03. The summed E-state index contributed by atoms with van der Waals surface area (Å²) >= 11 is 0. The molecule has 1 aliphatic heterocycles. The fourth-order valence-corrected chi connectivity index (χ4v) is 48.5. The van der Waals surface area contributed by atoms with E-state index < -0.39 is 38.9 Å². The third-order valence-corrected chi connectivity index (χ3v) is 41.7. The van der Waals surface area contributed by atoms with E-state index in [1.807, 2.05) is 0 Å². The number of allylic oxidation sites excluding steroid dienone is 1. The van der Waals surface area contributed by atoms with Gasteiger partial charge in [-0.05, 0) is 46.1 Å². The van der Waals surface area contributed by atoms with Crippen LogP contribution in [0.15, 0.2) is 22.7 Å². The molecule has 0 spiro atoms. The summed E-state index contributed by atoms with van der Waals surface area (Å²) in [6.45, 7) is 43.6. The van der Waals surface area contributed by atoms with Gasteiger partial charge < -0.3 is 13.8 Å². The number of hydrogen-bond donors (Lipinski definition) is 0. The van der Waals surface area contributed by atoms with Gasteiger partial charge in [-0.3, -0.25) is 0 Å². The fraction of sp³-hybridized carbons (Fsp3) is 0.833. The van der Waals surface area contributed by atoms with Gasteiger partial charge in [0.15, 0.2) is 5.88 Å². The van der Waals surface area contributed by atoms with Gasteiger partial charge in [0.05, 0.1) is 28.6 Å². The van der Waals surface area contributed by atoms with E-state index in [9.17, 15) is 0 Å². The van der Waals surface area contributed by atoms with Crippen LogP contribution in [0.5, 0.6) is 0 Å². The van der Waals surface area contributed by atoms with Crippen LogP contribution in [-0.4, -0.2) is 49.4 Å². The normalized spacial score (nSPS) is 21.7. The zero-order chi connectivity index (χ0) is 25.9. The molecule has 1 fully saturated rings. The smallest absolute Gasteiger partial charge is 0.270 e. The van der Waals surface area contributed by atoms with Crippen molar-refractivity contribution in [3.8, 4) is 0 Å². The van der Waals surface area contributed by atoms with Crippen LogP contribution in [0, 0.1) is 5.41 Å². The van der Waals surface area contributed by atoms with Crippen molar-refractivity contribution in [3.05, 3.63) is 22.7 Å². The maximum atomic E-state index is 7.56. The molecule has 0 aromatic rings. The van der Waals surface area contributed by atoms with Gasteiger partial charge in [0.25, 0.3) is 7.35 Å². The summed E-state index contributed by atoms with van der Waals surface area (Å²) in [5.74, 6) is 2.37. The first kappa shape index (κ1) is 30.0. The Bertz CT molecular complexity index is 747. The van der Waals surface area contributed by atoms with Gasteiger partial charge in [-0.2, -0.15) is 0 Å². The van der Waals surface area contributed by atoms with Crippen molar-refractivity contribution in [1.29, 1.82) is 0 Å². The SMILES string of the molecule is CC(C)(C)/C(O[Si](C)(C)C)=C1\N(C(C)(C)C)/C(=C/[Si](C)(C)C)O[Si]1([Si](C)(C)C)[Si](C)(C)C. The van der Waals surface area contributed by atoms with Crippen molar-refractivity contribution in [1.82, 2.24) is 4.90 Å². The van der Waals surface area contributed by atoms with E-state index in [0.29, 0.717) is 0 Å². The molecule has 32 heavy (non-hydrogen) atoms. The summed E-state index contributed by atoms with van der Waals surface area (Å²) in [4.78, 5) is 2.62. The van der Waals surface area contributed by atoms with Gasteiger partial charge in [-0.15, -0.1) is 0 Å². The molecule has 0 aromatic heterocycles. The van der Waals surface area contributed by atoms with Crippen LogP contribution in [0.3, 0.4) is 0 Å². The maximum Gasteiger partial charge on any atom is 0.270 e. The van der Waals surface area contributed by atoms with Crippen LogP contribution in [0.1, 0.15) is 41.5 Å². The Labute approximate surface area is 205 Å². The van der Waals surface area contributed by atoms with Crippen molar-refractivity contribution in [2.24, 2.45) is 5.41 Å². The van der Waals surface area contributed by atoms with Crippen LogP contribution >= 0.6 is 0 Å². The molecule has 8 heteroatoms. The zero-order valence-electron chi connectivity index (χ0n) is 24.8. The van der Waals surface area contributed by atoms with Gasteiger partial charge in [0, 0.05) is 11.0 Å². The summed E-state index contributed by atoms with van der Waals surface area (Å²) in [5.41, 5.74) is 2.37. The van der Waals surface area contributed by atoms with E-state index in [4.69, 9.17) is 8.85 Å². The highest BCUT2D eigenvalue weighted by Crippen LogP contribution is 2.52. The molecule has 188 valence electrons. The van der Waals surface area contributed by atoms with Gasteiger partial charge in [0.2, 0.25) is 8.32 Å². The van der Waals surface area contributed by atoms with Crippen LogP contribution < -0.4 is 0 Å². The quantitative estimate of drug-likeness (QED) is 0.264. The molecule has 1 heterocycles. The third kappa shape index (κ3) is 6.34. The summed E-state index contributed by atoms with van der Waals surface area (Å²) in [6, 6.07) is 0. The Hall–Kier alpha value is -0.0356. The average Bonchev–Trinajstić information content (AvgIpc) is 2.75. The van der Waals surface area contributed by atoms with Crippen LogP contribution in [0.2, 0.25) is 78.6 Å².